The molecule has 0 aromatic heterocycles. The van der Waals surface area contributed by atoms with Gasteiger partial charge in [0.1, 0.15) is 0 Å². The Morgan fingerprint density at radius 3 is 2.60 bits per heavy atom. The lowest BCUT2D eigenvalue weighted by atomic mass is 10.2. The van der Waals surface area contributed by atoms with Crippen LogP contribution in [0.1, 0.15) is 5.56 Å². The minimum absolute atomic E-state index is 0.822. The van der Waals surface area contributed by atoms with E-state index in [0.717, 1.165) is 16.5 Å². The van der Waals surface area contributed by atoms with Gasteiger partial charge in [0.25, 0.3) is 0 Å². The lowest BCUT2D eigenvalue weighted by Gasteiger charge is -1.90. The van der Waals surface area contributed by atoms with Gasteiger partial charge in [-0.2, -0.15) is 4.40 Å². The molecule has 1 N–H and O–H groups in total. The maximum atomic E-state index is 11.0. The number of aliphatic carboxylic acids is 1. The van der Waals surface area contributed by atoms with Crippen LogP contribution in [0.3, 0.4) is 0 Å². The summed E-state index contributed by atoms with van der Waals surface area (Å²) in [5, 5.41) is 7.60. The summed E-state index contributed by atoms with van der Waals surface area (Å²) >= 11 is 0. The van der Waals surface area contributed by atoms with E-state index in [2.05, 4.69) is 11.0 Å². The molecular weight excluding hydrogens is 214 g/mol. The minimum Gasteiger partial charge on any atom is -0.478 e. The lowest BCUT2D eigenvalue weighted by molar-refractivity contribution is -0.131. The van der Waals surface area contributed by atoms with Gasteiger partial charge in [-0.25, -0.2) is 9.00 Å². The van der Waals surface area contributed by atoms with Gasteiger partial charge >= 0.3 is 5.97 Å². The van der Waals surface area contributed by atoms with Gasteiger partial charge in [-0.15, -0.1) is 0 Å². The summed E-state index contributed by atoms with van der Waals surface area (Å²) in [5.41, 5.74) is 0.973. The molecule has 0 amide bonds. The summed E-state index contributed by atoms with van der Waals surface area (Å²) in [4.78, 5) is 10.1. The van der Waals surface area contributed by atoms with Crippen molar-refractivity contribution >= 4 is 23.2 Å². The molecule has 5 heteroatoms. The van der Waals surface area contributed by atoms with Crippen molar-refractivity contribution < 1.29 is 14.1 Å². The fourth-order valence-corrected chi connectivity index (χ4v) is 1.75. The highest BCUT2D eigenvalue weighted by Crippen LogP contribution is 2.17. The molecule has 2 rings (SSSR count). The number of carboxylic acid groups (broad SMARTS) is 1. The first kappa shape index (κ1) is 11.3. The summed E-state index contributed by atoms with van der Waals surface area (Å²) in [6.07, 6.45) is 2.48. The van der Waals surface area contributed by atoms with Gasteiger partial charge in [-0.1, -0.05) is 24.8 Å². The highest BCUT2D eigenvalue weighted by Gasteiger charge is 2.11. The van der Waals surface area contributed by atoms with Gasteiger partial charge in [-0.3, -0.25) is 0 Å². The molecule has 1 aliphatic rings. The number of carboxylic acids is 1. The zero-order valence-electron chi connectivity index (χ0n) is 7.79. The molecule has 0 fully saturated rings. The summed E-state index contributed by atoms with van der Waals surface area (Å²) in [6.45, 7) is 2.96. The average molecular weight is 223 g/mol. The third-order valence-corrected chi connectivity index (χ3v) is 2.61. The largest absolute Gasteiger partial charge is 0.478 e. The van der Waals surface area contributed by atoms with Crippen molar-refractivity contribution in [3.05, 3.63) is 42.5 Å². The third kappa shape index (κ3) is 3.14. The summed E-state index contributed by atoms with van der Waals surface area (Å²) in [5.74, 6) is -0.981. The Bertz CT molecular complexity index is 440. The van der Waals surface area contributed by atoms with Crippen LogP contribution in [-0.4, -0.2) is 21.5 Å². The van der Waals surface area contributed by atoms with E-state index in [1.165, 1.54) is 0 Å². The van der Waals surface area contributed by atoms with Gasteiger partial charge in [-0.05, 0) is 6.07 Å². The Morgan fingerprint density at radius 1 is 1.47 bits per heavy atom. The molecule has 0 saturated carbocycles. The zero-order valence-corrected chi connectivity index (χ0v) is 8.61. The van der Waals surface area contributed by atoms with E-state index in [9.17, 15) is 9.00 Å². The predicted molar refractivity (Wildman–Crippen MR) is 58.3 cm³/mol. The maximum Gasteiger partial charge on any atom is 0.327 e. The van der Waals surface area contributed by atoms with Crippen LogP contribution < -0.4 is 0 Å². The van der Waals surface area contributed by atoms with Crippen LogP contribution >= 0.6 is 0 Å². The molecular formula is C10H9NO3S. The Hall–Kier alpha value is -1.75. The van der Waals surface area contributed by atoms with Crippen molar-refractivity contribution in [2.24, 2.45) is 4.40 Å². The van der Waals surface area contributed by atoms with E-state index in [1.807, 2.05) is 24.3 Å². The number of carbonyl (C=O) groups is 1. The zero-order chi connectivity index (χ0) is 11.3. The summed E-state index contributed by atoms with van der Waals surface area (Å²) in [7, 11) is -1.13. The fourth-order valence-electron chi connectivity index (χ4n) is 0.908. The molecule has 78 valence electrons. The molecule has 15 heavy (non-hydrogen) atoms. The van der Waals surface area contributed by atoms with Crippen LogP contribution in [-0.2, 0) is 15.8 Å². The Labute approximate surface area is 89.6 Å². The molecule has 1 heterocycles. The Balaban J connectivity index is 0.000000195. The first-order valence-electron chi connectivity index (χ1n) is 4.05. The van der Waals surface area contributed by atoms with Crippen molar-refractivity contribution in [1.82, 2.24) is 0 Å². The first-order chi connectivity index (χ1) is 7.15. The predicted octanol–water partition coefficient (Wildman–Crippen LogP) is 1.40. The number of benzene rings is 1. The van der Waals surface area contributed by atoms with Gasteiger partial charge in [0.05, 0.1) is 4.90 Å². The second-order valence-electron chi connectivity index (χ2n) is 2.56. The van der Waals surface area contributed by atoms with Crippen LogP contribution in [0.25, 0.3) is 0 Å². The lowest BCUT2D eigenvalue weighted by Crippen LogP contribution is -1.82. The molecule has 1 aliphatic heterocycles. The molecule has 0 spiro atoms. The standard InChI is InChI=1S/C7H5NOS.C3H4O2/c9-10-7-4-2-1-3-6(7)5-8-10;1-2-3(4)5/h1-5H;2H,1H2,(H,4,5). The Morgan fingerprint density at radius 2 is 2.07 bits per heavy atom. The molecule has 0 radical (unpaired) electrons. The first-order valence-corrected chi connectivity index (χ1v) is 5.16. The van der Waals surface area contributed by atoms with Gasteiger partial charge < -0.3 is 5.11 Å². The fraction of sp³-hybridized carbons (Fsp3) is 0. The second-order valence-corrected chi connectivity index (χ2v) is 3.71. The van der Waals surface area contributed by atoms with E-state index in [1.54, 1.807) is 6.21 Å². The molecule has 0 aliphatic carbocycles. The molecule has 0 bridgehead atoms. The SMILES string of the molecule is C=CC(=O)O.O=S1N=Cc2ccccc21. The Kier molecular flexibility index (Phi) is 3.93. The van der Waals surface area contributed by atoms with Gasteiger partial charge in [0.2, 0.25) is 0 Å². The molecule has 1 aromatic rings. The van der Waals surface area contributed by atoms with Crippen molar-refractivity contribution in [3.8, 4) is 0 Å². The van der Waals surface area contributed by atoms with Crippen molar-refractivity contribution in [3.63, 3.8) is 0 Å². The average Bonchev–Trinajstić information content (AvgIpc) is 2.62. The molecule has 4 nitrogen and oxygen atoms in total. The van der Waals surface area contributed by atoms with Crippen LogP contribution in [0, 0.1) is 0 Å². The minimum atomic E-state index is -1.13. The number of rotatable bonds is 1. The maximum absolute atomic E-state index is 11.0. The highest BCUT2D eigenvalue weighted by atomic mass is 32.2. The normalized spacial score (nSPS) is 16.1. The third-order valence-electron chi connectivity index (χ3n) is 1.57. The monoisotopic (exact) mass is 223 g/mol. The quantitative estimate of drug-likeness (QED) is 0.732. The van der Waals surface area contributed by atoms with Crippen LogP contribution in [0.15, 0.2) is 46.2 Å². The van der Waals surface area contributed by atoms with E-state index in [-0.39, 0.29) is 0 Å². The molecule has 0 saturated heterocycles. The van der Waals surface area contributed by atoms with Crippen LogP contribution in [0.2, 0.25) is 0 Å². The van der Waals surface area contributed by atoms with E-state index in [4.69, 9.17) is 5.11 Å². The van der Waals surface area contributed by atoms with E-state index < -0.39 is 17.0 Å². The number of hydrogen-bond donors (Lipinski definition) is 1. The van der Waals surface area contributed by atoms with Crippen molar-refractivity contribution in [2.75, 3.05) is 0 Å². The molecule has 1 unspecified atom stereocenters. The summed E-state index contributed by atoms with van der Waals surface area (Å²) in [6, 6.07) is 7.51. The van der Waals surface area contributed by atoms with Crippen LogP contribution in [0.4, 0.5) is 0 Å². The van der Waals surface area contributed by atoms with E-state index >= 15 is 0 Å². The topological polar surface area (TPSA) is 66.7 Å². The highest BCUT2D eigenvalue weighted by molar-refractivity contribution is 7.84. The van der Waals surface area contributed by atoms with Gasteiger partial charge in [0.15, 0.2) is 11.0 Å². The summed E-state index contributed by atoms with van der Waals surface area (Å²) < 4.78 is 14.7. The second kappa shape index (κ2) is 5.21. The smallest absolute Gasteiger partial charge is 0.327 e. The van der Waals surface area contributed by atoms with Crippen molar-refractivity contribution in [2.45, 2.75) is 4.90 Å². The van der Waals surface area contributed by atoms with E-state index in [0.29, 0.717) is 0 Å². The number of fused-ring (bicyclic) bond motifs is 1. The number of nitrogens with zero attached hydrogens (tertiary/aromatic N) is 1. The van der Waals surface area contributed by atoms with Crippen molar-refractivity contribution in [1.29, 1.82) is 0 Å². The number of hydrogen-bond acceptors (Lipinski definition) is 2. The van der Waals surface area contributed by atoms with Crippen LogP contribution in [0.5, 0.6) is 0 Å². The molecule has 1 atom stereocenters. The van der Waals surface area contributed by atoms with Gasteiger partial charge in [0, 0.05) is 17.9 Å². The molecule has 1 aromatic carbocycles.